The van der Waals surface area contributed by atoms with Crippen LogP contribution in [0.2, 0.25) is 0 Å². The first kappa shape index (κ1) is 15.1. The number of amides is 1. The molecule has 2 aromatic carbocycles. The Morgan fingerprint density at radius 1 is 1.10 bits per heavy atom. The highest BCUT2D eigenvalue weighted by molar-refractivity contribution is 6.06. The average Bonchev–Trinajstić information content (AvgIpc) is 2.48. The molecule has 0 saturated heterocycles. The lowest BCUT2D eigenvalue weighted by Gasteiger charge is -2.15. The van der Waals surface area contributed by atoms with Gasteiger partial charge in [0, 0.05) is 5.69 Å². The lowest BCUT2D eigenvalue weighted by molar-refractivity contribution is 0.102. The smallest absolute Gasteiger partial charge is 0.259 e. The number of carbonyl (C=O) groups is 1. The summed E-state index contributed by atoms with van der Waals surface area (Å²) in [5, 5.41) is 2.99. The summed E-state index contributed by atoms with van der Waals surface area (Å²) in [6, 6.07) is 15.2. The minimum absolute atomic E-state index is 0.146. The molecule has 0 heterocycles. The van der Waals surface area contributed by atoms with Gasteiger partial charge in [0.1, 0.15) is 5.75 Å². The van der Waals surface area contributed by atoms with Crippen LogP contribution in [0.5, 0.6) is 5.75 Å². The lowest BCUT2D eigenvalue weighted by Crippen LogP contribution is -2.15. The molecule has 1 amide bonds. The minimum Gasteiger partial charge on any atom is -0.493 e. The molecule has 3 heteroatoms. The van der Waals surface area contributed by atoms with Crippen molar-refractivity contribution in [1.82, 2.24) is 0 Å². The van der Waals surface area contributed by atoms with Gasteiger partial charge < -0.3 is 10.1 Å². The minimum atomic E-state index is -0.146. The van der Waals surface area contributed by atoms with Crippen LogP contribution in [0, 0.1) is 0 Å². The molecule has 0 bridgehead atoms. The Bertz CT molecular complexity index is 620. The molecular formula is C18H21NO2. The van der Waals surface area contributed by atoms with Crippen molar-refractivity contribution < 1.29 is 9.53 Å². The number of carbonyl (C=O) groups excluding carboxylic acids is 1. The van der Waals surface area contributed by atoms with E-state index in [4.69, 9.17) is 4.74 Å². The van der Waals surface area contributed by atoms with Crippen molar-refractivity contribution in [1.29, 1.82) is 0 Å². The maximum absolute atomic E-state index is 12.5. The molecular weight excluding hydrogens is 262 g/mol. The summed E-state index contributed by atoms with van der Waals surface area (Å²) in [5.41, 5.74) is 2.53. The van der Waals surface area contributed by atoms with Crippen LogP contribution in [0.3, 0.4) is 0 Å². The van der Waals surface area contributed by atoms with Crippen molar-refractivity contribution in [2.45, 2.75) is 26.7 Å². The highest BCUT2D eigenvalue weighted by atomic mass is 16.5. The summed E-state index contributed by atoms with van der Waals surface area (Å²) in [4.78, 5) is 12.5. The Balaban J connectivity index is 2.27. The third kappa shape index (κ3) is 3.63. The van der Waals surface area contributed by atoms with Gasteiger partial charge in [0.2, 0.25) is 0 Å². The van der Waals surface area contributed by atoms with E-state index in [1.807, 2.05) is 49.4 Å². The van der Waals surface area contributed by atoms with E-state index >= 15 is 0 Å². The zero-order chi connectivity index (χ0) is 15.2. The average molecular weight is 283 g/mol. The molecule has 110 valence electrons. The second-order valence-electron chi connectivity index (χ2n) is 5.13. The summed E-state index contributed by atoms with van der Waals surface area (Å²) in [5.74, 6) is 0.815. The van der Waals surface area contributed by atoms with Crippen molar-refractivity contribution in [3.8, 4) is 5.75 Å². The van der Waals surface area contributed by atoms with Gasteiger partial charge in [-0.05, 0) is 36.6 Å². The van der Waals surface area contributed by atoms with Crippen molar-refractivity contribution in [3.05, 3.63) is 59.7 Å². The van der Waals surface area contributed by atoms with E-state index < -0.39 is 0 Å². The molecule has 3 nitrogen and oxygen atoms in total. The second kappa shape index (κ2) is 6.93. The van der Waals surface area contributed by atoms with E-state index in [1.54, 1.807) is 6.07 Å². The molecule has 2 aromatic rings. The zero-order valence-corrected chi connectivity index (χ0v) is 12.7. The second-order valence-corrected chi connectivity index (χ2v) is 5.13. The van der Waals surface area contributed by atoms with E-state index in [-0.39, 0.29) is 5.91 Å². The van der Waals surface area contributed by atoms with Crippen molar-refractivity contribution in [3.63, 3.8) is 0 Å². The van der Waals surface area contributed by atoms with Gasteiger partial charge in [0.25, 0.3) is 5.91 Å². The van der Waals surface area contributed by atoms with Crippen LogP contribution in [0.4, 0.5) is 5.69 Å². The maximum Gasteiger partial charge on any atom is 0.259 e. The van der Waals surface area contributed by atoms with Gasteiger partial charge in [-0.15, -0.1) is 0 Å². The van der Waals surface area contributed by atoms with Crippen molar-refractivity contribution in [2.24, 2.45) is 0 Å². The molecule has 0 radical (unpaired) electrons. The third-order valence-corrected chi connectivity index (χ3v) is 3.26. The molecule has 0 aliphatic rings. The molecule has 0 fully saturated rings. The van der Waals surface area contributed by atoms with Gasteiger partial charge in [-0.2, -0.15) is 0 Å². The molecule has 0 saturated carbocycles. The quantitative estimate of drug-likeness (QED) is 0.879. The molecule has 2 rings (SSSR count). The van der Waals surface area contributed by atoms with E-state index in [0.717, 1.165) is 11.3 Å². The van der Waals surface area contributed by atoms with Gasteiger partial charge >= 0.3 is 0 Å². The Labute approximate surface area is 126 Å². The fourth-order valence-electron chi connectivity index (χ4n) is 2.24. The standard InChI is InChI=1S/C18H21NO2/c1-4-21-17-12-8-6-10-15(17)18(20)19-16-11-7-5-9-14(16)13(2)3/h5-13H,4H2,1-3H3,(H,19,20). The molecule has 0 atom stereocenters. The Morgan fingerprint density at radius 2 is 1.76 bits per heavy atom. The molecule has 0 aromatic heterocycles. The summed E-state index contributed by atoms with van der Waals surface area (Å²) in [6.07, 6.45) is 0. The van der Waals surface area contributed by atoms with Crippen LogP contribution < -0.4 is 10.1 Å². The topological polar surface area (TPSA) is 38.3 Å². The number of ether oxygens (including phenoxy) is 1. The van der Waals surface area contributed by atoms with Gasteiger partial charge in [0.05, 0.1) is 12.2 Å². The van der Waals surface area contributed by atoms with Gasteiger partial charge in [0.15, 0.2) is 0 Å². The summed E-state index contributed by atoms with van der Waals surface area (Å²) < 4.78 is 5.51. The number of para-hydroxylation sites is 2. The SMILES string of the molecule is CCOc1ccccc1C(=O)Nc1ccccc1C(C)C. The van der Waals surface area contributed by atoms with Crippen molar-refractivity contribution in [2.75, 3.05) is 11.9 Å². The fourth-order valence-corrected chi connectivity index (χ4v) is 2.24. The molecule has 1 N–H and O–H groups in total. The van der Waals surface area contributed by atoms with Crippen LogP contribution in [-0.2, 0) is 0 Å². The first-order valence-electron chi connectivity index (χ1n) is 7.25. The first-order chi connectivity index (χ1) is 10.1. The third-order valence-electron chi connectivity index (χ3n) is 3.26. The van der Waals surface area contributed by atoms with Crippen LogP contribution in [0.15, 0.2) is 48.5 Å². The van der Waals surface area contributed by atoms with E-state index in [2.05, 4.69) is 19.2 Å². The van der Waals surface area contributed by atoms with Crippen LogP contribution in [-0.4, -0.2) is 12.5 Å². The highest BCUT2D eigenvalue weighted by Crippen LogP contribution is 2.25. The number of nitrogens with one attached hydrogen (secondary N) is 1. The Morgan fingerprint density at radius 3 is 2.48 bits per heavy atom. The zero-order valence-electron chi connectivity index (χ0n) is 12.7. The first-order valence-corrected chi connectivity index (χ1v) is 7.25. The molecule has 0 unspecified atom stereocenters. The molecule has 0 aliphatic heterocycles. The normalized spacial score (nSPS) is 10.5. The largest absolute Gasteiger partial charge is 0.493 e. The number of benzene rings is 2. The van der Waals surface area contributed by atoms with Crippen LogP contribution in [0.25, 0.3) is 0 Å². The predicted molar refractivity (Wildman–Crippen MR) is 86.1 cm³/mol. The van der Waals surface area contributed by atoms with Crippen LogP contribution >= 0.6 is 0 Å². The maximum atomic E-state index is 12.5. The number of anilines is 1. The number of rotatable bonds is 5. The lowest BCUT2D eigenvalue weighted by atomic mass is 10.0. The van der Waals surface area contributed by atoms with Crippen molar-refractivity contribution >= 4 is 11.6 Å². The van der Waals surface area contributed by atoms with E-state index in [0.29, 0.717) is 23.8 Å². The van der Waals surface area contributed by atoms with Crippen LogP contribution in [0.1, 0.15) is 42.6 Å². The summed E-state index contributed by atoms with van der Waals surface area (Å²) in [6.45, 7) is 6.66. The molecule has 0 spiro atoms. The summed E-state index contributed by atoms with van der Waals surface area (Å²) >= 11 is 0. The molecule has 0 aliphatic carbocycles. The summed E-state index contributed by atoms with van der Waals surface area (Å²) in [7, 11) is 0. The Hall–Kier alpha value is -2.29. The van der Waals surface area contributed by atoms with Gasteiger partial charge in [-0.3, -0.25) is 4.79 Å². The number of hydrogen-bond donors (Lipinski definition) is 1. The Kier molecular flexibility index (Phi) is 4.99. The number of hydrogen-bond acceptors (Lipinski definition) is 2. The highest BCUT2D eigenvalue weighted by Gasteiger charge is 2.14. The van der Waals surface area contributed by atoms with Gasteiger partial charge in [-0.1, -0.05) is 44.2 Å². The van der Waals surface area contributed by atoms with Gasteiger partial charge in [-0.25, -0.2) is 0 Å². The fraction of sp³-hybridized carbons (Fsp3) is 0.278. The molecule has 21 heavy (non-hydrogen) atoms. The van der Waals surface area contributed by atoms with E-state index in [1.165, 1.54) is 0 Å². The van der Waals surface area contributed by atoms with E-state index in [9.17, 15) is 4.79 Å². The monoisotopic (exact) mass is 283 g/mol. The predicted octanol–water partition coefficient (Wildman–Crippen LogP) is 4.46.